The zero-order valence-electron chi connectivity index (χ0n) is 13.8. The number of Topliss-reactive ketones (excluding diaryl/α,β-unsaturated/α-hetero) is 1. The van der Waals surface area contributed by atoms with Gasteiger partial charge in [-0.2, -0.15) is 0 Å². The smallest absolute Gasteiger partial charge is 0.225 e. The lowest BCUT2D eigenvalue weighted by molar-refractivity contribution is -0.116. The van der Waals surface area contributed by atoms with Crippen LogP contribution >= 0.6 is 11.3 Å². The lowest BCUT2D eigenvalue weighted by Gasteiger charge is -2.07. The maximum atomic E-state index is 12.1. The van der Waals surface area contributed by atoms with Crippen LogP contribution in [0.2, 0.25) is 0 Å². The van der Waals surface area contributed by atoms with E-state index in [-0.39, 0.29) is 24.5 Å². The summed E-state index contributed by atoms with van der Waals surface area (Å²) >= 11 is 1.35. The van der Waals surface area contributed by atoms with Crippen LogP contribution in [0.25, 0.3) is 0 Å². The summed E-state index contributed by atoms with van der Waals surface area (Å²) in [4.78, 5) is 27.8. The van der Waals surface area contributed by atoms with Crippen molar-refractivity contribution in [2.24, 2.45) is 0 Å². The van der Waals surface area contributed by atoms with Crippen molar-refractivity contribution in [1.29, 1.82) is 0 Å². The van der Waals surface area contributed by atoms with Gasteiger partial charge in [-0.3, -0.25) is 14.6 Å². The van der Waals surface area contributed by atoms with E-state index in [0.29, 0.717) is 17.2 Å². The molecule has 0 spiro atoms. The first kappa shape index (κ1) is 18.1. The lowest BCUT2D eigenvalue weighted by Crippen LogP contribution is -2.12. The number of ketones is 1. The van der Waals surface area contributed by atoms with Gasteiger partial charge in [0.1, 0.15) is 10.8 Å². The fourth-order valence-corrected chi connectivity index (χ4v) is 2.66. The van der Waals surface area contributed by atoms with Crippen LogP contribution in [0, 0.1) is 0 Å². The van der Waals surface area contributed by atoms with Gasteiger partial charge in [0.15, 0.2) is 5.78 Å². The molecule has 0 bridgehead atoms. The van der Waals surface area contributed by atoms with Crippen molar-refractivity contribution in [2.45, 2.75) is 39.0 Å². The predicted molar refractivity (Wildman–Crippen MR) is 95.8 cm³/mol. The number of thiazole rings is 1. The number of amides is 1. The first-order chi connectivity index (χ1) is 11.7. The molecular weight excluding hydrogens is 324 g/mol. The van der Waals surface area contributed by atoms with E-state index in [0.717, 1.165) is 25.0 Å². The van der Waals surface area contributed by atoms with E-state index in [1.165, 1.54) is 11.3 Å². The molecule has 0 fully saturated rings. The van der Waals surface area contributed by atoms with E-state index in [1.807, 2.05) is 0 Å². The molecule has 128 valence electrons. The molecule has 0 aliphatic carbocycles. The van der Waals surface area contributed by atoms with Crippen molar-refractivity contribution in [2.75, 3.05) is 11.9 Å². The Morgan fingerprint density at radius 2 is 1.96 bits per heavy atom. The van der Waals surface area contributed by atoms with Gasteiger partial charge in [-0.1, -0.05) is 19.8 Å². The summed E-state index contributed by atoms with van der Waals surface area (Å²) in [6, 6.07) is 7.10. The maximum absolute atomic E-state index is 12.1. The molecule has 2 rings (SSSR count). The number of rotatable bonds is 10. The zero-order valence-corrected chi connectivity index (χ0v) is 14.6. The van der Waals surface area contributed by atoms with Gasteiger partial charge >= 0.3 is 0 Å². The summed E-state index contributed by atoms with van der Waals surface area (Å²) in [6.07, 6.45) is 5.27. The van der Waals surface area contributed by atoms with Crippen LogP contribution in [0.15, 0.2) is 36.0 Å². The normalized spacial score (nSPS) is 10.4. The number of unbranched alkanes of at least 4 members (excludes halogenated alkanes) is 2. The van der Waals surface area contributed by atoms with Crippen LogP contribution < -0.4 is 10.1 Å². The van der Waals surface area contributed by atoms with E-state index >= 15 is 0 Å². The summed E-state index contributed by atoms with van der Waals surface area (Å²) in [5.41, 5.74) is 2.24. The largest absolute Gasteiger partial charge is 0.494 e. The van der Waals surface area contributed by atoms with Gasteiger partial charge in [-0.15, -0.1) is 11.3 Å². The van der Waals surface area contributed by atoms with Crippen molar-refractivity contribution >= 4 is 28.0 Å². The fourth-order valence-electron chi connectivity index (χ4n) is 2.13. The Labute approximate surface area is 146 Å². The van der Waals surface area contributed by atoms with Gasteiger partial charge < -0.3 is 10.1 Å². The number of nitrogens with one attached hydrogen (secondary N) is 1. The molecule has 1 heterocycles. The van der Waals surface area contributed by atoms with Gasteiger partial charge in [-0.05, 0) is 30.7 Å². The molecule has 0 atom stereocenters. The highest BCUT2D eigenvalue weighted by atomic mass is 32.1. The molecule has 1 amide bonds. The van der Waals surface area contributed by atoms with Gasteiger partial charge in [0.05, 0.1) is 18.3 Å². The zero-order chi connectivity index (χ0) is 17.2. The van der Waals surface area contributed by atoms with E-state index in [4.69, 9.17) is 4.74 Å². The summed E-state index contributed by atoms with van der Waals surface area (Å²) in [5.74, 6) is 0.543. The van der Waals surface area contributed by atoms with E-state index in [9.17, 15) is 9.59 Å². The average Bonchev–Trinajstić information content (AvgIpc) is 3.10. The summed E-state index contributed by atoms with van der Waals surface area (Å²) in [6.45, 7) is 2.84. The molecule has 0 aliphatic heterocycles. The number of ether oxygens (including phenoxy) is 1. The fraction of sp³-hybridized carbons (Fsp3) is 0.389. The summed E-state index contributed by atoms with van der Waals surface area (Å²) in [7, 11) is 0. The minimum atomic E-state index is -0.177. The third-order valence-electron chi connectivity index (χ3n) is 3.47. The molecule has 0 aliphatic rings. The van der Waals surface area contributed by atoms with Gasteiger partial charge in [-0.25, -0.2) is 0 Å². The van der Waals surface area contributed by atoms with Crippen LogP contribution in [0.3, 0.4) is 0 Å². The summed E-state index contributed by atoms with van der Waals surface area (Å²) < 4.78 is 5.62. The molecule has 0 radical (unpaired) electrons. The Balaban J connectivity index is 1.74. The lowest BCUT2D eigenvalue weighted by atomic mass is 10.1. The first-order valence-corrected chi connectivity index (χ1v) is 9.01. The second kappa shape index (κ2) is 9.82. The summed E-state index contributed by atoms with van der Waals surface area (Å²) in [5, 5.41) is 3.41. The van der Waals surface area contributed by atoms with Crippen LogP contribution in [-0.4, -0.2) is 23.3 Å². The topological polar surface area (TPSA) is 68.3 Å². The third-order valence-corrected chi connectivity index (χ3v) is 4.16. The van der Waals surface area contributed by atoms with Crippen molar-refractivity contribution < 1.29 is 14.3 Å². The number of nitrogens with zero attached hydrogens (tertiary/aromatic N) is 1. The Bertz CT molecular complexity index is 639. The highest BCUT2D eigenvalue weighted by Gasteiger charge is 2.10. The van der Waals surface area contributed by atoms with Crippen molar-refractivity contribution in [3.63, 3.8) is 0 Å². The Hall–Kier alpha value is -2.21. The predicted octanol–water partition coefficient (Wildman–Crippen LogP) is 4.31. The minimum absolute atomic E-state index is 0.0491. The van der Waals surface area contributed by atoms with E-state index < -0.39 is 0 Å². The van der Waals surface area contributed by atoms with Crippen LogP contribution in [0.4, 0.5) is 5.00 Å². The molecule has 0 unspecified atom stereocenters. The molecule has 0 saturated carbocycles. The Kier molecular flexibility index (Phi) is 7.42. The number of anilines is 1. The van der Waals surface area contributed by atoms with Crippen molar-refractivity contribution in [1.82, 2.24) is 4.98 Å². The molecule has 6 heteroatoms. The molecule has 0 saturated heterocycles. The second-order valence-corrected chi connectivity index (χ2v) is 6.30. The van der Waals surface area contributed by atoms with Crippen molar-refractivity contribution in [3.05, 3.63) is 41.5 Å². The van der Waals surface area contributed by atoms with Crippen LogP contribution in [0.1, 0.15) is 49.4 Å². The van der Waals surface area contributed by atoms with E-state index in [1.54, 1.807) is 36.0 Å². The number of benzene rings is 1. The Morgan fingerprint density at radius 1 is 1.17 bits per heavy atom. The first-order valence-electron chi connectivity index (χ1n) is 8.13. The molecule has 1 aromatic carbocycles. The number of aromatic nitrogens is 1. The molecular formula is C18H22N2O3S. The number of carbonyl (C=O) groups excluding carboxylic acids is 2. The quantitative estimate of drug-likeness (QED) is 0.514. The highest BCUT2D eigenvalue weighted by molar-refractivity contribution is 7.13. The average molecular weight is 346 g/mol. The van der Waals surface area contributed by atoms with Crippen molar-refractivity contribution in [3.8, 4) is 5.75 Å². The molecule has 24 heavy (non-hydrogen) atoms. The standard InChI is InChI=1S/C18H22N2O3S/c1-2-3-4-11-23-15-7-5-14(6-8-15)16(21)9-10-17(22)20-18-12-19-13-24-18/h5-8,12-13H,2-4,9-11H2,1H3,(H,20,22). The minimum Gasteiger partial charge on any atom is -0.494 e. The molecule has 1 N–H and O–H groups in total. The number of hydrogen-bond donors (Lipinski definition) is 1. The van der Waals surface area contributed by atoms with Crippen LogP contribution in [0.5, 0.6) is 5.75 Å². The molecule has 1 aromatic heterocycles. The van der Waals surface area contributed by atoms with Gasteiger partial charge in [0.25, 0.3) is 0 Å². The SMILES string of the molecule is CCCCCOc1ccc(C(=O)CCC(=O)Nc2cncs2)cc1. The molecule has 2 aromatic rings. The van der Waals surface area contributed by atoms with Gasteiger partial charge in [0.2, 0.25) is 5.91 Å². The Morgan fingerprint density at radius 3 is 2.62 bits per heavy atom. The number of carbonyl (C=O) groups is 2. The number of hydrogen-bond acceptors (Lipinski definition) is 5. The highest BCUT2D eigenvalue weighted by Crippen LogP contribution is 2.16. The second-order valence-electron chi connectivity index (χ2n) is 5.42. The molecule has 5 nitrogen and oxygen atoms in total. The van der Waals surface area contributed by atoms with Crippen LogP contribution in [-0.2, 0) is 4.79 Å². The van der Waals surface area contributed by atoms with E-state index in [2.05, 4.69) is 17.2 Å². The monoisotopic (exact) mass is 346 g/mol. The maximum Gasteiger partial charge on any atom is 0.225 e. The third kappa shape index (κ3) is 6.12. The van der Waals surface area contributed by atoms with Gasteiger partial charge in [0, 0.05) is 18.4 Å².